The molecule has 0 saturated carbocycles. The zero-order valence-electron chi connectivity index (χ0n) is 10.1. The lowest BCUT2D eigenvalue weighted by Gasteiger charge is -2.23. The van der Waals surface area contributed by atoms with E-state index in [1.165, 1.54) is 19.3 Å². The van der Waals surface area contributed by atoms with Gasteiger partial charge >= 0.3 is 0 Å². The molecule has 0 bridgehead atoms. The van der Waals surface area contributed by atoms with Crippen molar-refractivity contribution in [2.75, 3.05) is 19.6 Å². The molecule has 1 rings (SSSR count). The largest absolute Gasteiger partial charge is 0.390 e. The van der Waals surface area contributed by atoms with Crippen LogP contribution in [0.5, 0.6) is 0 Å². The van der Waals surface area contributed by atoms with Gasteiger partial charge in [-0.1, -0.05) is 26.7 Å². The van der Waals surface area contributed by atoms with E-state index in [1.807, 2.05) is 0 Å². The van der Waals surface area contributed by atoms with Gasteiger partial charge < -0.3 is 15.7 Å². The Hall–Kier alpha value is -0.120. The summed E-state index contributed by atoms with van der Waals surface area (Å²) < 4.78 is 0. The topological polar surface area (TPSA) is 44.3 Å². The van der Waals surface area contributed by atoms with Crippen molar-refractivity contribution in [3.05, 3.63) is 0 Å². The molecular weight excluding hydrogens is 188 g/mol. The SMILES string of the molecule is CC(C)CNCC(O)C1CCCCCN1. The fourth-order valence-corrected chi connectivity index (χ4v) is 2.05. The highest BCUT2D eigenvalue weighted by Crippen LogP contribution is 2.10. The van der Waals surface area contributed by atoms with Crippen LogP contribution in [0.15, 0.2) is 0 Å². The van der Waals surface area contributed by atoms with Gasteiger partial charge in [-0.05, 0) is 31.8 Å². The quantitative estimate of drug-likeness (QED) is 0.643. The molecule has 1 fully saturated rings. The van der Waals surface area contributed by atoms with Gasteiger partial charge in [-0.25, -0.2) is 0 Å². The second kappa shape index (κ2) is 7.20. The van der Waals surface area contributed by atoms with Gasteiger partial charge in [0.25, 0.3) is 0 Å². The van der Waals surface area contributed by atoms with Crippen molar-refractivity contribution in [1.29, 1.82) is 0 Å². The van der Waals surface area contributed by atoms with E-state index < -0.39 is 0 Å². The summed E-state index contributed by atoms with van der Waals surface area (Å²) in [5.41, 5.74) is 0. The first kappa shape index (κ1) is 12.9. The highest BCUT2D eigenvalue weighted by Gasteiger charge is 2.19. The maximum absolute atomic E-state index is 9.99. The summed E-state index contributed by atoms with van der Waals surface area (Å²) in [5.74, 6) is 0.652. The molecule has 0 aromatic carbocycles. The molecule has 3 nitrogen and oxygen atoms in total. The molecule has 1 heterocycles. The molecule has 0 aromatic rings. The Kier molecular flexibility index (Phi) is 6.22. The predicted molar refractivity (Wildman–Crippen MR) is 64.0 cm³/mol. The predicted octanol–water partition coefficient (Wildman–Crippen LogP) is 1.13. The smallest absolute Gasteiger partial charge is 0.0817 e. The first-order valence-corrected chi connectivity index (χ1v) is 6.32. The molecule has 0 aromatic heterocycles. The lowest BCUT2D eigenvalue weighted by Crippen LogP contribution is -2.45. The molecule has 2 atom stereocenters. The van der Waals surface area contributed by atoms with E-state index in [-0.39, 0.29) is 6.10 Å². The molecular formula is C12H26N2O. The van der Waals surface area contributed by atoms with Crippen molar-refractivity contribution in [2.45, 2.75) is 51.7 Å². The minimum absolute atomic E-state index is 0.234. The molecule has 0 spiro atoms. The van der Waals surface area contributed by atoms with Gasteiger partial charge in [-0.2, -0.15) is 0 Å². The van der Waals surface area contributed by atoms with Crippen LogP contribution in [0.4, 0.5) is 0 Å². The summed E-state index contributed by atoms with van der Waals surface area (Å²) in [6, 6.07) is 0.298. The average molecular weight is 214 g/mol. The highest BCUT2D eigenvalue weighted by atomic mass is 16.3. The molecule has 0 amide bonds. The second-order valence-electron chi connectivity index (χ2n) is 5.03. The van der Waals surface area contributed by atoms with Crippen LogP contribution in [0.1, 0.15) is 39.5 Å². The second-order valence-corrected chi connectivity index (χ2v) is 5.03. The van der Waals surface area contributed by atoms with E-state index in [1.54, 1.807) is 0 Å². The van der Waals surface area contributed by atoms with Gasteiger partial charge in [-0.3, -0.25) is 0 Å². The van der Waals surface area contributed by atoms with Gasteiger partial charge in [-0.15, -0.1) is 0 Å². The van der Waals surface area contributed by atoms with Crippen LogP contribution in [0.2, 0.25) is 0 Å². The van der Waals surface area contributed by atoms with Crippen LogP contribution >= 0.6 is 0 Å². The van der Waals surface area contributed by atoms with Gasteiger partial charge in [0, 0.05) is 12.6 Å². The van der Waals surface area contributed by atoms with E-state index in [0.29, 0.717) is 12.0 Å². The number of rotatable bonds is 5. The number of aliphatic hydroxyl groups is 1. The lowest BCUT2D eigenvalue weighted by molar-refractivity contribution is 0.122. The van der Waals surface area contributed by atoms with E-state index in [2.05, 4.69) is 24.5 Å². The molecule has 90 valence electrons. The van der Waals surface area contributed by atoms with Crippen LogP contribution in [0.3, 0.4) is 0 Å². The van der Waals surface area contributed by atoms with Crippen LogP contribution in [-0.4, -0.2) is 36.9 Å². The Morgan fingerprint density at radius 1 is 1.27 bits per heavy atom. The van der Waals surface area contributed by atoms with Crippen molar-refractivity contribution >= 4 is 0 Å². The summed E-state index contributed by atoms with van der Waals surface area (Å²) in [4.78, 5) is 0. The average Bonchev–Trinajstić information content (AvgIpc) is 2.44. The van der Waals surface area contributed by atoms with E-state index in [0.717, 1.165) is 26.1 Å². The van der Waals surface area contributed by atoms with Gasteiger partial charge in [0.2, 0.25) is 0 Å². The van der Waals surface area contributed by atoms with Crippen molar-refractivity contribution < 1.29 is 5.11 Å². The van der Waals surface area contributed by atoms with Gasteiger partial charge in [0.15, 0.2) is 0 Å². The Balaban J connectivity index is 2.16. The molecule has 2 unspecified atom stereocenters. The van der Waals surface area contributed by atoms with Gasteiger partial charge in [0.05, 0.1) is 6.10 Å². The van der Waals surface area contributed by atoms with E-state index in [9.17, 15) is 5.11 Å². The zero-order chi connectivity index (χ0) is 11.1. The lowest BCUT2D eigenvalue weighted by atomic mass is 10.1. The summed E-state index contributed by atoms with van der Waals surface area (Å²) in [7, 11) is 0. The Bertz CT molecular complexity index is 154. The normalized spacial score (nSPS) is 25.2. The van der Waals surface area contributed by atoms with Crippen LogP contribution in [0, 0.1) is 5.92 Å². The summed E-state index contributed by atoms with van der Waals surface area (Å²) in [6.07, 6.45) is 4.68. The van der Waals surface area contributed by atoms with Crippen LogP contribution in [0.25, 0.3) is 0 Å². The zero-order valence-corrected chi connectivity index (χ0v) is 10.1. The Morgan fingerprint density at radius 2 is 2.07 bits per heavy atom. The molecule has 1 aliphatic heterocycles. The van der Waals surface area contributed by atoms with Crippen LogP contribution < -0.4 is 10.6 Å². The monoisotopic (exact) mass is 214 g/mol. The minimum atomic E-state index is -0.234. The number of aliphatic hydroxyl groups excluding tert-OH is 1. The molecule has 1 saturated heterocycles. The minimum Gasteiger partial charge on any atom is -0.390 e. The molecule has 3 N–H and O–H groups in total. The van der Waals surface area contributed by atoms with Crippen LogP contribution in [-0.2, 0) is 0 Å². The first-order valence-electron chi connectivity index (χ1n) is 6.32. The maximum atomic E-state index is 9.99. The summed E-state index contributed by atoms with van der Waals surface area (Å²) in [6.45, 7) is 7.14. The number of nitrogens with one attached hydrogen (secondary N) is 2. The van der Waals surface area contributed by atoms with E-state index in [4.69, 9.17) is 0 Å². The molecule has 0 radical (unpaired) electrons. The standard InChI is InChI=1S/C12H26N2O/c1-10(2)8-13-9-12(15)11-6-4-3-5-7-14-11/h10-15H,3-9H2,1-2H3. The molecule has 3 heteroatoms. The van der Waals surface area contributed by atoms with Gasteiger partial charge in [0.1, 0.15) is 0 Å². The number of hydrogen-bond acceptors (Lipinski definition) is 3. The van der Waals surface area contributed by atoms with E-state index >= 15 is 0 Å². The first-order chi connectivity index (χ1) is 7.20. The summed E-state index contributed by atoms with van der Waals surface area (Å²) >= 11 is 0. The Morgan fingerprint density at radius 3 is 2.80 bits per heavy atom. The van der Waals surface area contributed by atoms with Crippen molar-refractivity contribution in [2.24, 2.45) is 5.92 Å². The van der Waals surface area contributed by atoms with Crippen molar-refractivity contribution in [1.82, 2.24) is 10.6 Å². The third kappa shape index (κ3) is 5.50. The van der Waals surface area contributed by atoms with Crippen molar-refractivity contribution in [3.63, 3.8) is 0 Å². The highest BCUT2D eigenvalue weighted by molar-refractivity contribution is 4.79. The fraction of sp³-hybridized carbons (Fsp3) is 1.00. The van der Waals surface area contributed by atoms with Crippen molar-refractivity contribution in [3.8, 4) is 0 Å². The Labute approximate surface area is 93.6 Å². The maximum Gasteiger partial charge on any atom is 0.0817 e. The summed E-state index contributed by atoms with van der Waals surface area (Å²) in [5, 5.41) is 16.7. The third-order valence-corrected chi connectivity index (χ3v) is 2.97. The molecule has 1 aliphatic rings. The fourth-order valence-electron chi connectivity index (χ4n) is 2.05. The third-order valence-electron chi connectivity index (χ3n) is 2.97. The number of hydrogen-bond donors (Lipinski definition) is 3. The molecule has 15 heavy (non-hydrogen) atoms. The molecule has 0 aliphatic carbocycles.